The summed E-state index contributed by atoms with van der Waals surface area (Å²) < 4.78 is 34.4. The van der Waals surface area contributed by atoms with Gasteiger partial charge in [-0.05, 0) is 68.7 Å². The predicted octanol–water partition coefficient (Wildman–Crippen LogP) is 6.97. The number of nitrogens with one attached hydrogen (secondary N) is 1. The average molecular weight is 663 g/mol. The Morgan fingerprint density at radius 2 is 1.71 bits per heavy atom. The highest BCUT2D eigenvalue weighted by Crippen LogP contribution is 2.33. The minimum absolute atomic E-state index is 0.0676. The molecule has 10 nitrogen and oxygen atoms in total. The summed E-state index contributed by atoms with van der Waals surface area (Å²) in [6, 6.07) is 23.6. The molecule has 3 aromatic carbocycles. The van der Waals surface area contributed by atoms with Gasteiger partial charge in [-0.1, -0.05) is 42.5 Å². The van der Waals surface area contributed by atoms with Crippen molar-refractivity contribution in [1.82, 2.24) is 4.90 Å². The van der Waals surface area contributed by atoms with Crippen LogP contribution in [0.2, 0.25) is 0 Å². The smallest absolute Gasteiger partial charge is 0.410 e. The lowest BCUT2D eigenvalue weighted by Gasteiger charge is -2.39. The Balaban J connectivity index is 1.33. The maximum Gasteiger partial charge on any atom is 0.410 e. The molecule has 1 heterocycles. The number of ether oxygens (including phenoxy) is 6. The van der Waals surface area contributed by atoms with Gasteiger partial charge in [0.1, 0.15) is 17.1 Å². The fourth-order valence-electron chi connectivity index (χ4n) is 5.49. The molecule has 1 aliphatic heterocycles. The third-order valence-corrected chi connectivity index (χ3v) is 7.88. The average Bonchev–Trinajstić information content (AvgIpc) is 3.07. The van der Waals surface area contributed by atoms with Crippen molar-refractivity contribution in [2.75, 3.05) is 52.4 Å². The first kappa shape index (κ1) is 36.7. The van der Waals surface area contributed by atoms with E-state index < -0.39 is 5.60 Å². The monoisotopic (exact) mass is 662 g/mol. The summed E-state index contributed by atoms with van der Waals surface area (Å²) in [5.41, 5.74) is 3.17. The van der Waals surface area contributed by atoms with E-state index >= 15 is 0 Å². The van der Waals surface area contributed by atoms with E-state index in [1.54, 1.807) is 19.1 Å². The molecular weight excluding hydrogens is 612 g/mol. The van der Waals surface area contributed by atoms with Gasteiger partial charge in [0, 0.05) is 37.2 Å². The molecule has 0 aromatic heterocycles. The number of carbonyl (C=O) groups excluding carboxylic acids is 2. The molecule has 10 heteroatoms. The quantitative estimate of drug-likeness (QED) is 0.164. The number of hydrogen-bond donors (Lipinski definition) is 1. The Kier molecular flexibility index (Phi) is 14.1. The third kappa shape index (κ3) is 11.8. The van der Waals surface area contributed by atoms with Crippen LogP contribution in [0.1, 0.15) is 62.6 Å². The highest BCUT2D eigenvalue weighted by Gasteiger charge is 2.35. The van der Waals surface area contributed by atoms with Gasteiger partial charge in [0.15, 0.2) is 0 Å². The number of nitrogens with zero attached hydrogens (tertiary/aromatic N) is 1. The summed E-state index contributed by atoms with van der Waals surface area (Å²) in [5.74, 6) is 1.57. The fraction of sp³-hybridized carbons (Fsp3) is 0.474. The highest BCUT2D eigenvalue weighted by atomic mass is 16.6. The summed E-state index contributed by atoms with van der Waals surface area (Å²) >= 11 is 0. The van der Waals surface area contributed by atoms with E-state index in [4.69, 9.17) is 28.4 Å². The largest absolute Gasteiger partial charge is 0.496 e. The van der Waals surface area contributed by atoms with Gasteiger partial charge < -0.3 is 38.6 Å². The maximum absolute atomic E-state index is 13.0. The van der Waals surface area contributed by atoms with Crippen molar-refractivity contribution in [1.29, 1.82) is 0 Å². The second-order valence-electron chi connectivity index (χ2n) is 12.8. The number of methoxy groups -OCH3 is 2. The van der Waals surface area contributed by atoms with Gasteiger partial charge in [-0.15, -0.1) is 0 Å². The van der Waals surface area contributed by atoms with E-state index in [1.807, 2.05) is 81.4 Å². The molecule has 4 rings (SSSR count). The minimum Gasteiger partial charge on any atom is -0.496 e. The Hall–Kier alpha value is -4.12. The number of para-hydroxylation sites is 1. The first-order valence-electron chi connectivity index (χ1n) is 16.5. The van der Waals surface area contributed by atoms with Crippen molar-refractivity contribution < 1.29 is 38.0 Å². The van der Waals surface area contributed by atoms with Gasteiger partial charge in [0.05, 0.1) is 59.2 Å². The van der Waals surface area contributed by atoms with Crippen LogP contribution in [-0.4, -0.2) is 75.7 Å². The van der Waals surface area contributed by atoms with Crippen LogP contribution < -0.4 is 14.8 Å². The third-order valence-electron chi connectivity index (χ3n) is 7.88. The van der Waals surface area contributed by atoms with Crippen LogP contribution >= 0.6 is 0 Å². The Labute approximate surface area is 284 Å². The van der Waals surface area contributed by atoms with E-state index in [-0.39, 0.29) is 30.4 Å². The molecule has 3 aromatic rings. The number of amides is 2. The van der Waals surface area contributed by atoms with E-state index in [0.717, 1.165) is 41.0 Å². The molecule has 1 N–H and O–H groups in total. The van der Waals surface area contributed by atoms with Gasteiger partial charge in [-0.3, -0.25) is 4.79 Å². The van der Waals surface area contributed by atoms with Crippen molar-refractivity contribution in [2.45, 2.75) is 70.9 Å². The SMILES string of the molecule is COCCC(=O)Nc1cccc(COC2CN(C(=O)OC(C)(C)C)CCC2c2ccc(OCCCOCc3ccccc3OC)cc2)c1. The Morgan fingerprint density at radius 1 is 0.917 bits per heavy atom. The van der Waals surface area contributed by atoms with Crippen molar-refractivity contribution in [3.05, 3.63) is 89.5 Å². The molecule has 1 aliphatic rings. The first-order valence-corrected chi connectivity index (χ1v) is 16.5. The Morgan fingerprint density at radius 3 is 2.46 bits per heavy atom. The lowest BCUT2D eigenvalue weighted by Crippen LogP contribution is -2.48. The molecule has 260 valence electrons. The summed E-state index contributed by atoms with van der Waals surface area (Å²) in [6.45, 7) is 8.86. The number of likely N-dealkylation sites (tertiary alicyclic amines) is 1. The maximum atomic E-state index is 13.0. The number of rotatable bonds is 16. The van der Waals surface area contributed by atoms with Crippen LogP contribution in [0, 0.1) is 0 Å². The zero-order valence-corrected chi connectivity index (χ0v) is 28.9. The molecule has 48 heavy (non-hydrogen) atoms. The molecular formula is C38H50N2O8. The molecule has 0 radical (unpaired) electrons. The van der Waals surface area contributed by atoms with E-state index in [0.29, 0.717) is 51.8 Å². The number of piperidine rings is 1. The summed E-state index contributed by atoms with van der Waals surface area (Å²) in [7, 11) is 3.23. The lowest BCUT2D eigenvalue weighted by molar-refractivity contribution is -0.117. The second kappa shape index (κ2) is 18.4. The topological polar surface area (TPSA) is 105 Å². The van der Waals surface area contributed by atoms with Crippen LogP contribution in [0.4, 0.5) is 10.5 Å². The molecule has 1 saturated heterocycles. The van der Waals surface area contributed by atoms with Gasteiger partial charge >= 0.3 is 6.09 Å². The van der Waals surface area contributed by atoms with E-state index in [2.05, 4.69) is 17.4 Å². The minimum atomic E-state index is -0.587. The summed E-state index contributed by atoms with van der Waals surface area (Å²) in [5, 5.41) is 2.91. The van der Waals surface area contributed by atoms with Crippen molar-refractivity contribution >= 4 is 17.7 Å². The van der Waals surface area contributed by atoms with Crippen LogP contribution in [-0.2, 0) is 37.0 Å². The van der Waals surface area contributed by atoms with Gasteiger partial charge in [-0.2, -0.15) is 0 Å². The molecule has 2 amide bonds. The van der Waals surface area contributed by atoms with E-state index in [9.17, 15) is 9.59 Å². The normalized spacial score (nSPS) is 16.3. The van der Waals surface area contributed by atoms with Crippen LogP contribution in [0.3, 0.4) is 0 Å². The highest BCUT2D eigenvalue weighted by molar-refractivity contribution is 5.90. The van der Waals surface area contributed by atoms with Crippen molar-refractivity contribution in [3.8, 4) is 11.5 Å². The predicted molar refractivity (Wildman–Crippen MR) is 185 cm³/mol. The molecule has 0 saturated carbocycles. The van der Waals surface area contributed by atoms with Gasteiger partial charge in [0.25, 0.3) is 0 Å². The molecule has 2 unspecified atom stereocenters. The Bertz CT molecular complexity index is 1440. The number of anilines is 1. The molecule has 2 atom stereocenters. The standard InChI is InChI=1S/C38H50N2O8/c1-38(2,3)48-37(42)40-20-18-33(35(25-40)47-26-28-10-8-12-31(24-28)39-36(41)19-23-43-4)29-14-16-32(17-15-29)46-22-9-21-45-27-30-11-6-7-13-34(30)44-5/h6-8,10-17,24,33,35H,9,18-23,25-27H2,1-5H3,(H,39,41). The lowest BCUT2D eigenvalue weighted by atomic mass is 9.87. The fourth-order valence-corrected chi connectivity index (χ4v) is 5.49. The van der Waals surface area contributed by atoms with Crippen LogP contribution in [0.5, 0.6) is 11.5 Å². The molecule has 0 aliphatic carbocycles. The van der Waals surface area contributed by atoms with Crippen molar-refractivity contribution in [3.63, 3.8) is 0 Å². The van der Waals surface area contributed by atoms with E-state index in [1.165, 1.54) is 0 Å². The first-order chi connectivity index (χ1) is 23.1. The summed E-state index contributed by atoms with van der Waals surface area (Å²) in [4.78, 5) is 26.9. The molecule has 1 fully saturated rings. The summed E-state index contributed by atoms with van der Waals surface area (Å²) in [6.07, 6.45) is 1.16. The van der Waals surface area contributed by atoms with Crippen molar-refractivity contribution in [2.24, 2.45) is 0 Å². The van der Waals surface area contributed by atoms with Crippen LogP contribution in [0.15, 0.2) is 72.8 Å². The van der Waals surface area contributed by atoms with Crippen LogP contribution in [0.25, 0.3) is 0 Å². The number of benzene rings is 3. The number of carbonyl (C=O) groups is 2. The molecule has 0 bridgehead atoms. The van der Waals surface area contributed by atoms with Gasteiger partial charge in [-0.25, -0.2) is 4.79 Å². The number of hydrogen-bond acceptors (Lipinski definition) is 8. The zero-order chi connectivity index (χ0) is 34.4. The molecule has 0 spiro atoms. The zero-order valence-electron chi connectivity index (χ0n) is 28.9. The second-order valence-corrected chi connectivity index (χ2v) is 12.8. The van der Waals surface area contributed by atoms with Gasteiger partial charge in [0.2, 0.25) is 5.91 Å².